The highest BCUT2D eigenvalue weighted by Gasteiger charge is 2.59. The quantitative estimate of drug-likeness (QED) is 0.283. The number of benzene rings is 3. The minimum Gasteiger partial charge on any atom is -0.480 e. The van der Waals surface area contributed by atoms with Gasteiger partial charge in [-0.15, -0.1) is 0 Å². The fraction of sp³-hybridized carbons (Fsp3) is 0.367. The summed E-state index contributed by atoms with van der Waals surface area (Å²) in [5, 5.41) is 11.2. The highest BCUT2D eigenvalue weighted by atomic mass is 19.1. The van der Waals surface area contributed by atoms with E-state index >= 15 is 0 Å². The fourth-order valence-electron chi connectivity index (χ4n) is 5.92. The summed E-state index contributed by atoms with van der Waals surface area (Å²) in [4.78, 5) is 10.7. The van der Waals surface area contributed by atoms with Crippen molar-refractivity contribution in [3.63, 3.8) is 0 Å². The number of carboxylic acid groups (broad SMARTS) is 1. The number of aliphatic carboxylic acids is 1. The van der Waals surface area contributed by atoms with Gasteiger partial charge in [0.2, 0.25) is 0 Å². The van der Waals surface area contributed by atoms with Crippen molar-refractivity contribution in [3.8, 4) is 0 Å². The molecule has 3 aromatic carbocycles. The molecular weight excluding hydrogens is 459 g/mol. The standard InChI is InChI=1S/C30H31FO5/c31-25-12-10-24(11-13-25)30-16-28(36-20-30)26(27(30)7-3-4-14-34-19-29(32)33)18-35-17-21-8-9-22-5-1-2-6-23(22)15-21/h1-6,8-13,15,26-28H,7,14,16-20H2,(H,32,33)/b4-3-/t26-,27-,28-,30-/m0/s1. The molecule has 0 spiro atoms. The van der Waals surface area contributed by atoms with E-state index in [4.69, 9.17) is 19.3 Å². The minimum absolute atomic E-state index is 0.0910. The van der Waals surface area contributed by atoms with Gasteiger partial charge in [-0.3, -0.25) is 0 Å². The van der Waals surface area contributed by atoms with Gasteiger partial charge in [-0.1, -0.05) is 60.7 Å². The summed E-state index contributed by atoms with van der Waals surface area (Å²) in [5.41, 5.74) is 2.05. The second-order valence-electron chi connectivity index (χ2n) is 9.80. The molecule has 188 valence electrons. The molecule has 0 aromatic heterocycles. The van der Waals surface area contributed by atoms with Crippen LogP contribution in [0.25, 0.3) is 10.8 Å². The molecule has 5 nitrogen and oxygen atoms in total. The van der Waals surface area contributed by atoms with Crippen LogP contribution in [0.2, 0.25) is 0 Å². The number of allylic oxidation sites excluding steroid dienone is 1. The van der Waals surface area contributed by atoms with Crippen molar-refractivity contribution in [3.05, 3.63) is 95.8 Å². The molecule has 4 atom stereocenters. The summed E-state index contributed by atoms with van der Waals surface area (Å²) in [6.07, 6.45) is 5.71. The molecule has 2 fully saturated rings. The number of carbonyl (C=O) groups is 1. The molecule has 0 unspecified atom stereocenters. The van der Waals surface area contributed by atoms with Crippen molar-refractivity contribution < 1.29 is 28.5 Å². The summed E-state index contributed by atoms with van der Waals surface area (Å²) in [6.45, 7) is 1.66. The van der Waals surface area contributed by atoms with Crippen LogP contribution < -0.4 is 0 Å². The van der Waals surface area contributed by atoms with Gasteiger partial charge in [-0.05, 0) is 58.9 Å². The van der Waals surface area contributed by atoms with Crippen molar-refractivity contribution in [2.75, 3.05) is 26.4 Å². The van der Waals surface area contributed by atoms with Gasteiger partial charge in [-0.25, -0.2) is 9.18 Å². The van der Waals surface area contributed by atoms with Gasteiger partial charge in [0.1, 0.15) is 12.4 Å². The molecule has 0 radical (unpaired) electrons. The predicted octanol–water partition coefficient (Wildman–Crippen LogP) is 5.52. The summed E-state index contributed by atoms with van der Waals surface area (Å²) >= 11 is 0. The van der Waals surface area contributed by atoms with Gasteiger partial charge >= 0.3 is 5.97 Å². The molecule has 1 heterocycles. The Bertz CT molecular complexity index is 1220. The molecule has 6 heteroatoms. The van der Waals surface area contributed by atoms with Crippen molar-refractivity contribution in [2.24, 2.45) is 11.8 Å². The van der Waals surface area contributed by atoms with E-state index in [0.29, 0.717) is 19.8 Å². The molecule has 1 saturated heterocycles. The Labute approximate surface area is 210 Å². The van der Waals surface area contributed by atoms with E-state index in [9.17, 15) is 9.18 Å². The Morgan fingerprint density at radius 1 is 1.06 bits per heavy atom. The first-order valence-electron chi connectivity index (χ1n) is 12.4. The van der Waals surface area contributed by atoms with Crippen LogP contribution in [0, 0.1) is 17.7 Å². The third-order valence-corrected chi connectivity index (χ3v) is 7.63. The van der Waals surface area contributed by atoms with Gasteiger partial charge in [0.15, 0.2) is 0 Å². The smallest absolute Gasteiger partial charge is 0.329 e. The number of rotatable bonds is 11. The number of fused-ring (bicyclic) bond motifs is 3. The van der Waals surface area contributed by atoms with Gasteiger partial charge in [-0.2, -0.15) is 0 Å². The Hall–Kier alpha value is -3.06. The monoisotopic (exact) mass is 490 g/mol. The van der Waals surface area contributed by atoms with Gasteiger partial charge < -0.3 is 19.3 Å². The molecular formula is C30H31FO5. The van der Waals surface area contributed by atoms with Crippen molar-refractivity contribution in [2.45, 2.75) is 31.0 Å². The largest absolute Gasteiger partial charge is 0.480 e. The summed E-state index contributed by atoms with van der Waals surface area (Å²) < 4.78 is 31.3. The predicted molar refractivity (Wildman–Crippen MR) is 135 cm³/mol. The van der Waals surface area contributed by atoms with Crippen molar-refractivity contribution >= 4 is 16.7 Å². The first kappa shape index (κ1) is 24.6. The topological polar surface area (TPSA) is 65.0 Å². The molecule has 36 heavy (non-hydrogen) atoms. The lowest BCUT2D eigenvalue weighted by Gasteiger charge is -2.39. The van der Waals surface area contributed by atoms with Crippen molar-refractivity contribution in [1.82, 2.24) is 0 Å². The molecule has 1 saturated carbocycles. The van der Waals surface area contributed by atoms with E-state index in [1.807, 2.05) is 30.3 Å². The molecule has 1 N–H and O–H groups in total. The number of carboxylic acids is 1. The maximum atomic E-state index is 13.7. The number of halogens is 1. The van der Waals surface area contributed by atoms with E-state index in [1.165, 1.54) is 22.9 Å². The third-order valence-electron chi connectivity index (χ3n) is 7.63. The normalized spacial score (nSPS) is 25.2. The third kappa shape index (κ3) is 5.21. The molecule has 2 aliphatic rings. The fourth-order valence-corrected chi connectivity index (χ4v) is 5.92. The number of hydrogen-bond donors (Lipinski definition) is 1. The Morgan fingerprint density at radius 2 is 1.86 bits per heavy atom. The lowest BCUT2D eigenvalue weighted by molar-refractivity contribution is -0.141. The number of ether oxygens (including phenoxy) is 3. The Kier molecular flexibility index (Phi) is 7.46. The van der Waals surface area contributed by atoms with Gasteiger partial charge in [0, 0.05) is 11.3 Å². The second kappa shape index (κ2) is 10.9. The van der Waals surface area contributed by atoms with Crippen LogP contribution >= 0.6 is 0 Å². The second-order valence-corrected chi connectivity index (χ2v) is 9.80. The van der Waals surface area contributed by atoms with E-state index in [2.05, 4.69) is 36.4 Å². The lowest BCUT2D eigenvalue weighted by Crippen LogP contribution is -2.41. The Morgan fingerprint density at radius 3 is 2.67 bits per heavy atom. The van der Waals surface area contributed by atoms with E-state index < -0.39 is 5.97 Å². The summed E-state index contributed by atoms with van der Waals surface area (Å²) in [6, 6.07) is 21.5. The first-order chi connectivity index (χ1) is 17.5. The van der Waals surface area contributed by atoms with E-state index in [0.717, 1.165) is 24.0 Å². The highest BCUT2D eigenvalue weighted by Crippen LogP contribution is 2.56. The first-order valence-corrected chi connectivity index (χ1v) is 12.4. The maximum absolute atomic E-state index is 13.7. The summed E-state index contributed by atoms with van der Waals surface area (Å²) in [5.74, 6) is -0.763. The zero-order valence-electron chi connectivity index (χ0n) is 20.1. The molecule has 1 aliphatic carbocycles. The van der Waals surface area contributed by atoms with Crippen LogP contribution in [0.1, 0.15) is 24.0 Å². The average Bonchev–Trinajstić information content (AvgIpc) is 3.44. The van der Waals surface area contributed by atoms with Crippen molar-refractivity contribution in [1.29, 1.82) is 0 Å². The van der Waals surface area contributed by atoms with Crippen LogP contribution in [-0.4, -0.2) is 43.6 Å². The average molecular weight is 491 g/mol. The maximum Gasteiger partial charge on any atom is 0.329 e. The Balaban J connectivity index is 1.28. The minimum atomic E-state index is -0.979. The van der Waals surface area contributed by atoms with Gasteiger partial charge in [0.25, 0.3) is 0 Å². The zero-order valence-corrected chi connectivity index (χ0v) is 20.1. The van der Waals surface area contributed by atoms with Crippen LogP contribution in [0.3, 0.4) is 0 Å². The highest BCUT2D eigenvalue weighted by molar-refractivity contribution is 5.82. The van der Waals surface area contributed by atoms with E-state index in [1.54, 1.807) is 0 Å². The molecule has 5 rings (SSSR count). The van der Waals surface area contributed by atoms with Crippen LogP contribution in [0.15, 0.2) is 78.9 Å². The van der Waals surface area contributed by atoms with Gasteiger partial charge in [0.05, 0.1) is 32.5 Å². The molecule has 2 bridgehead atoms. The SMILES string of the molecule is O=C(O)COC/C=C\C[C@H]1[C@H](COCc2ccc3ccccc3c2)[C@@H]2C[C@@]1(c1ccc(F)cc1)CO2. The number of hydrogen-bond acceptors (Lipinski definition) is 4. The lowest BCUT2D eigenvalue weighted by atomic mass is 9.69. The zero-order chi connectivity index (χ0) is 25.0. The molecule has 3 aromatic rings. The van der Waals surface area contributed by atoms with Crippen LogP contribution in [0.5, 0.6) is 0 Å². The van der Waals surface area contributed by atoms with E-state index in [-0.39, 0.29) is 42.4 Å². The molecule has 0 amide bonds. The summed E-state index contributed by atoms with van der Waals surface area (Å²) in [7, 11) is 0. The molecule has 1 aliphatic heterocycles. The van der Waals surface area contributed by atoms with Crippen LogP contribution in [0.4, 0.5) is 4.39 Å². The van der Waals surface area contributed by atoms with Crippen LogP contribution in [-0.2, 0) is 31.0 Å².